The van der Waals surface area contributed by atoms with Crippen LogP contribution in [0, 0.1) is 12.8 Å². The van der Waals surface area contributed by atoms with Gasteiger partial charge in [0.1, 0.15) is 0 Å². The number of hydrogen-bond donors (Lipinski definition) is 2. The fraction of sp³-hybridized carbons (Fsp3) is 0.636. The number of thiophene rings is 1. The third-order valence-electron chi connectivity index (χ3n) is 2.69. The summed E-state index contributed by atoms with van der Waals surface area (Å²) in [5.74, 6) is 0.924. The highest BCUT2D eigenvalue weighted by atomic mass is 32.1. The highest BCUT2D eigenvalue weighted by Gasteiger charge is 2.15. The third-order valence-corrected chi connectivity index (χ3v) is 3.69. The molecule has 0 amide bonds. The molecule has 2 N–H and O–H groups in total. The molecule has 0 atom stereocenters. The number of hydrogen-bond acceptors (Lipinski definition) is 3. The Labute approximate surface area is 89.7 Å². The lowest BCUT2D eigenvalue weighted by molar-refractivity contribution is 0.322. The Morgan fingerprint density at radius 1 is 1.50 bits per heavy atom. The standard InChI is InChI=1S/C11H18N2S/c1-9-2-3-11(14-9)8-12-5-4-10-6-13-7-10/h2-3,10,12-13H,4-8H2,1H3. The molecule has 0 aliphatic carbocycles. The van der Waals surface area contributed by atoms with E-state index >= 15 is 0 Å². The van der Waals surface area contributed by atoms with E-state index in [0.717, 1.165) is 19.0 Å². The van der Waals surface area contributed by atoms with Gasteiger partial charge in [0.05, 0.1) is 0 Å². The van der Waals surface area contributed by atoms with Crippen LogP contribution >= 0.6 is 11.3 Å². The van der Waals surface area contributed by atoms with Crippen LogP contribution in [-0.4, -0.2) is 19.6 Å². The first kappa shape index (κ1) is 10.1. The van der Waals surface area contributed by atoms with Crippen molar-refractivity contribution in [2.45, 2.75) is 19.9 Å². The second kappa shape index (κ2) is 4.91. The summed E-state index contributed by atoms with van der Waals surface area (Å²) in [5.41, 5.74) is 0. The summed E-state index contributed by atoms with van der Waals surface area (Å²) in [6, 6.07) is 4.41. The van der Waals surface area contributed by atoms with Crippen molar-refractivity contribution in [3.63, 3.8) is 0 Å². The highest BCUT2D eigenvalue weighted by Crippen LogP contribution is 2.14. The molecule has 2 nitrogen and oxygen atoms in total. The SMILES string of the molecule is Cc1ccc(CNCCC2CNC2)s1. The molecule has 2 rings (SSSR count). The van der Waals surface area contributed by atoms with Crippen molar-refractivity contribution in [1.29, 1.82) is 0 Å². The van der Waals surface area contributed by atoms with Crippen LogP contribution < -0.4 is 10.6 Å². The summed E-state index contributed by atoms with van der Waals surface area (Å²) in [7, 11) is 0. The Balaban J connectivity index is 1.58. The molecule has 1 aliphatic heterocycles. The van der Waals surface area contributed by atoms with Crippen molar-refractivity contribution in [2.75, 3.05) is 19.6 Å². The van der Waals surface area contributed by atoms with Crippen LogP contribution in [0.15, 0.2) is 12.1 Å². The predicted octanol–water partition coefficient (Wildman–Crippen LogP) is 1.76. The van der Waals surface area contributed by atoms with Gasteiger partial charge in [0.2, 0.25) is 0 Å². The molecule has 0 saturated carbocycles. The average Bonchev–Trinajstić information content (AvgIpc) is 2.48. The molecule has 0 unspecified atom stereocenters. The lowest BCUT2D eigenvalue weighted by atomic mass is 10.00. The van der Waals surface area contributed by atoms with Gasteiger partial charge in [-0.2, -0.15) is 0 Å². The van der Waals surface area contributed by atoms with Crippen molar-refractivity contribution in [1.82, 2.24) is 10.6 Å². The van der Waals surface area contributed by atoms with Crippen LogP contribution in [0.5, 0.6) is 0 Å². The molecule has 1 aliphatic rings. The van der Waals surface area contributed by atoms with E-state index < -0.39 is 0 Å². The van der Waals surface area contributed by atoms with Crippen LogP contribution in [0.3, 0.4) is 0 Å². The summed E-state index contributed by atoms with van der Waals surface area (Å²) in [4.78, 5) is 2.86. The van der Waals surface area contributed by atoms with Crippen molar-refractivity contribution >= 4 is 11.3 Å². The third kappa shape index (κ3) is 2.80. The number of aryl methyl sites for hydroxylation is 1. The van der Waals surface area contributed by atoms with E-state index in [1.807, 2.05) is 11.3 Å². The van der Waals surface area contributed by atoms with Gasteiger partial charge in [-0.15, -0.1) is 11.3 Å². The Morgan fingerprint density at radius 2 is 2.36 bits per heavy atom. The highest BCUT2D eigenvalue weighted by molar-refractivity contribution is 7.11. The van der Waals surface area contributed by atoms with Gasteiger partial charge in [-0.1, -0.05) is 0 Å². The van der Waals surface area contributed by atoms with E-state index in [9.17, 15) is 0 Å². The molecular weight excluding hydrogens is 192 g/mol. The summed E-state index contributed by atoms with van der Waals surface area (Å²) >= 11 is 1.89. The molecule has 0 spiro atoms. The Morgan fingerprint density at radius 3 is 2.93 bits per heavy atom. The van der Waals surface area contributed by atoms with Gasteiger partial charge < -0.3 is 10.6 Å². The summed E-state index contributed by atoms with van der Waals surface area (Å²) in [6.07, 6.45) is 1.32. The Hall–Kier alpha value is -0.380. The van der Waals surface area contributed by atoms with Crippen LogP contribution in [0.1, 0.15) is 16.2 Å². The van der Waals surface area contributed by atoms with E-state index in [1.165, 1.54) is 29.3 Å². The monoisotopic (exact) mass is 210 g/mol. The average molecular weight is 210 g/mol. The maximum absolute atomic E-state index is 3.50. The van der Waals surface area contributed by atoms with Crippen molar-refractivity contribution in [3.05, 3.63) is 21.9 Å². The minimum Gasteiger partial charge on any atom is -0.316 e. The van der Waals surface area contributed by atoms with Crippen LogP contribution in [0.4, 0.5) is 0 Å². The normalized spacial score (nSPS) is 16.9. The van der Waals surface area contributed by atoms with Gasteiger partial charge in [-0.3, -0.25) is 0 Å². The van der Waals surface area contributed by atoms with Crippen molar-refractivity contribution in [3.8, 4) is 0 Å². The van der Waals surface area contributed by atoms with E-state index in [1.54, 1.807) is 0 Å². The first-order valence-electron chi connectivity index (χ1n) is 5.31. The molecule has 1 aromatic heterocycles. The Kier molecular flexibility index (Phi) is 3.56. The van der Waals surface area contributed by atoms with Gasteiger partial charge in [-0.25, -0.2) is 0 Å². The first-order chi connectivity index (χ1) is 6.84. The second-order valence-corrected chi connectivity index (χ2v) is 5.37. The van der Waals surface area contributed by atoms with Gasteiger partial charge in [0.25, 0.3) is 0 Å². The molecule has 14 heavy (non-hydrogen) atoms. The number of nitrogens with one attached hydrogen (secondary N) is 2. The smallest absolute Gasteiger partial charge is 0.0299 e. The summed E-state index contributed by atoms with van der Waals surface area (Å²) in [5, 5.41) is 6.79. The van der Waals surface area contributed by atoms with Gasteiger partial charge in [0.15, 0.2) is 0 Å². The van der Waals surface area contributed by atoms with Gasteiger partial charge in [-0.05, 0) is 51.0 Å². The molecule has 1 fully saturated rings. The van der Waals surface area contributed by atoms with Gasteiger partial charge >= 0.3 is 0 Å². The summed E-state index contributed by atoms with van der Waals surface area (Å²) in [6.45, 7) is 6.80. The van der Waals surface area contributed by atoms with E-state index in [0.29, 0.717) is 0 Å². The zero-order chi connectivity index (χ0) is 9.80. The zero-order valence-corrected chi connectivity index (χ0v) is 9.49. The van der Waals surface area contributed by atoms with Crippen LogP contribution in [-0.2, 0) is 6.54 Å². The maximum Gasteiger partial charge on any atom is 0.0299 e. The van der Waals surface area contributed by atoms with Gasteiger partial charge in [0, 0.05) is 16.3 Å². The minimum atomic E-state index is 0.924. The molecule has 0 radical (unpaired) electrons. The van der Waals surface area contributed by atoms with Crippen LogP contribution in [0.2, 0.25) is 0 Å². The molecule has 78 valence electrons. The number of rotatable bonds is 5. The summed E-state index contributed by atoms with van der Waals surface area (Å²) < 4.78 is 0. The quantitative estimate of drug-likeness (QED) is 0.724. The molecule has 1 aromatic rings. The van der Waals surface area contributed by atoms with E-state index in [2.05, 4.69) is 29.7 Å². The zero-order valence-electron chi connectivity index (χ0n) is 8.68. The van der Waals surface area contributed by atoms with Crippen LogP contribution in [0.25, 0.3) is 0 Å². The molecule has 3 heteroatoms. The predicted molar refractivity (Wildman–Crippen MR) is 61.7 cm³/mol. The second-order valence-electron chi connectivity index (χ2n) is 4.00. The fourth-order valence-electron chi connectivity index (χ4n) is 1.65. The Bertz CT molecular complexity index is 279. The molecule has 2 heterocycles. The largest absolute Gasteiger partial charge is 0.316 e. The fourth-order valence-corrected chi connectivity index (χ4v) is 2.51. The topological polar surface area (TPSA) is 24.1 Å². The lowest BCUT2D eigenvalue weighted by Gasteiger charge is -2.26. The molecule has 0 bridgehead atoms. The molecule has 0 aromatic carbocycles. The minimum absolute atomic E-state index is 0.924. The lowest BCUT2D eigenvalue weighted by Crippen LogP contribution is -2.43. The molecule has 1 saturated heterocycles. The van der Waals surface area contributed by atoms with E-state index in [4.69, 9.17) is 0 Å². The molecular formula is C11H18N2S. The van der Waals surface area contributed by atoms with E-state index in [-0.39, 0.29) is 0 Å². The van der Waals surface area contributed by atoms with Crippen molar-refractivity contribution in [2.24, 2.45) is 5.92 Å². The first-order valence-corrected chi connectivity index (χ1v) is 6.13. The maximum atomic E-state index is 3.50. The van der Waals surface area contributed by atoms with Crippen molar-refractivity contribution < 1.29 is 0 Å².